The van der Waals surface area contributed by atoms with E-state index in [0.717, 1.165) is 21.0 Å². The van der Waals surface area contributed by atoms with E-state index in [1.54, 1.807) is 12.3 Å². The summed E-state index contributed by atoms with van der Waals surface area (Å²) in [5.41, 5.74) is 6.73. The standard InChI is InChI=1S/C17H15FN4OS/c1-8(2)21-22-17-20-14-10-4-3-9(18)7-12(10)13-11(15(14)24-17)5-6-19-16(13)23/h3-8,21H,1-2H3,(H,19,23)(H,20,22). The van der Waals surface area contributed by atoms with E-state index in [2.05, 4.69) is 20.8 Å². The Balaban J connectivity index is 2.12. The van der Waals surface area contributed by atoms with Gasteiger partial charge in [0.05, 0.1) is 15.6 Å². The van der Waals surface area contributed by atoms with Crippen LogP contribution in [0.3, 0.4) is 0 Å². The molecule has 0 bridgehead atoms. The van der Waals surface area contributed by atoms with E-state index in [9.17, 15) is 9.18 Å². The summed E-state index contributed by atoms with van der Waals surface area (Å²) in [7, 11) is 0. The molecule has 5 nitrogen and oxygen atoms in total. The van der Waals surface area contributed by atoms with Crippen molar-refractivity contribution in [2.75, 3.05) is 5.43 Å². The molecule has 0 aliphatic rings. The Morgan fingerprint density at radius 1 is 1.21 bits per heavy atom. The molecule has 0 spiro atoms. The molecule has 2 aromatic heterocycles. The maximum Gasteiger partial charge on any atom is 0.256 e. The summed E-state index contributed by atoms with van der Waals surface area (Å²) in [6, 6.07) is 6.55. The maximum atomic E-state index is 13.8. The van der Waals surface area contributed by atoms with E-state index < -0.39 is 0 Å². The average Bonchev–Trinajstić information content (AvgIpc) is 2.97. The van der Waals surface area contributed by atoms with Crippen molar-refractivity contribution in [1.29, 1.82) is 0 Å². The second kappa shape index (κ2) is 5.54. The zero-order valence-corrected chi connectivity index (χ0v) is 13.9. The van der Waals surface area contributed by atoms with Crippen molar-refractivity contribution >= 4 is 48.2 Å². The van der Waals surface area contributed by atoms with Gasteiger partial charge in [0.15, 0.2) is 5.13 Å². The number of thiazole rings is 1. The molecule has 4 aromatic rings. The third-order valence-electron chi connectivity index (χ3n) is 3.81. The number of halogens is 1. The van der Waals surface area contributed by atoms with E-state index in [1.807, 2.05) is 19.9 Å². The fourth-order valence-corrected chi connectivity index (χ4v) is 3.78. The minimum absolute atomic E-state index is 0.229. The molecule has 0 radical (unpaired) electrons. The third kappa shape index (κ3) is 2.33. The smallest absolute Gasteiger partial charge is 0.256 e. The summed E-state index contributed by atoms with van der Waals surface area (Å²) < 4.78 is 14.7. The number of hydrazine groups is 1. The Morgan fingerprint density at radius 3 is 2.83 bits per heavy atom. The van der Waals surface area contributed by atoms with Crippen LogP contribution in [0.2, 0.25) is 0 Å². The van der Waals surface area contributed by atoms with E-state index in [-0.39, 0.29) is 17.4 Å². The summed E-state index contributed by atoms with van der Waals surface area (Å²) in [4.78, 5) is 19.7. The number of pyridine rings is 1. The largest absolute Gasteiger partial charge is 0.329 e. The van der Waals surface area contributed by atoms with Gasteiger partial charge in [0.1, 0.15) is 5.82 Å². The second-order valence-electron chi connectivity index (χ2n) is 5.91. The summed E-state index contributed by atoms with van der Waals surface area (Å²) in [6.07, 6.45) is 1.61. The number of hydrogen-bond donors (Lipinski definition) is 3. The van der Waals surface area contributed by atoms with Crippen molar-refractivity contribution in [2.45, 2.75) is 19.9 Å². The minimum Gasteiger partial charge on any atom is -0.329 e. The molecule has 0 saturated heterocycles. The zero-order valence-electron chi connectivity index (χ0n) is 13.1. The normalized spacial score (nSPS) is 11.8. The van der Waals surface area contributed by atoms with E-state index >= 15 is 0 Å². The molecule has 0 saturated carbocycles. The Hall–Kier alpha value is -2.51. The molecule has 0 aliphatic heterocycles. The van der Waals surface area contributed by atoms with Gasteiger partial charge >= 0.3 is 0 Å². The molecule has 0 amide bonds. The van der Waals surface area contributed by atoms with Gasteiger partial charge in [0.25, 0.3) is 5.56 Å². The molecule has 4 rings (SSSR count). The number of H-pyrrole nitrogens is 1. The summed E-state index contributed by atoms with van der Waals surface area (Å²) >= 11 is 1.47. The van der Waals surface area contributed by atoms with Crippen molar-refractivity contribution in [3.8, 4) is 0 Å². The lowest BCUT2D eigenvalue weighted by Crippen LogP contribution is -2.28. The monoisotopic (exact) mass is 342 g/mol. The molecular formula is C17H15FN4OS. The van der Waals surface area contributed by atoms with Gasteiger partial charge in [0, 0.05) is 28.4 Å². The van der Waals surface area contributed by atoms with Gasteiger partial charge in [-0.2, -0.15) is 0 Å². The predicted octanol–water partition coefficient (Wildman–Crippen LogP) is 3.76. The highest BCUT2D eigenvalue weighted by Crippen LogP contribution is 2.38. The fourth-order valence-electron chi connectivity index (χ4n) is 2.81. The van der Waals surface area contributed by atoms with E-state index in [1.165, 1.54) is 23.5 Å². The van der Waals surface area contributed by atoms with Crippen LogP contribution in [-0.4, -0.2) is 16.0 Å². The van der Waals surface area contributed by atoms with Gasteiger partial charge in [0.2, 0.25) is 0 Å². The predicted molar refractivity (Wildman–Crippen MR) is 97.1 cm³/mol. The lowest BCUT2D eigenvalue weighted by molar-refractivity contribution is 0.630. The van der Waals surface area contributed by atoms with Crippen LogP contribution in [0, 0.1) is 5.82 Å². The lowest BCUT2D eigenvalue weighted by atomic mass is 10.0. The van der Waals surface area contributed by atoms with Crippen LogP contribution in [0.1, 0.15) is 13.8 Å². The number of nitrogens with zero attached hydrogens (tertiary/aromatic N) is 1. The molecule has 24 heavy (non-hydrogen) atoms. The van der Waals surface area contributed by atoms with Crippen LogP contribution < -0.4 is 16.4 Å². The number of aromatic amines is 1. The molecule has 2 heterocycles. The van der Waals surface area contributed by atoms with Gasteiger partial charge in [-0.3, -0.25) is 10.2 Å². The second-order valence-corrected chi connectivity index (χ2v) is 6.91. The van der Waals surface area contributed by atoms with Crippen LogP contribution in [0.15, 0.2) is 35.3 Å². The van der Waals surface area contributed by atoms with Gasteiger partial charge in [-0.1, -0.05) is 11.3 Å². The van der Waals surface area contributed by atoms with Crippen molar-refractivity contribution in [3.63, 3.8) is 0 Å². The Kier molecular flexibility index (Phi) is 3.47. The molecular weight excluding hydrogens is 327 g/mol. The Bertz CT molecular complexity index is 1130. The number of anilines is 1. The van der Waals surface area contributed by atoms with Gasteiger partial charge in [-0.25, -0.2) is 14.8 Å². The van der Waals surface area contributed by atoms with Gasteiger partial charge in [-0.05, 0) is 38.1 Å². The van der Waals surface area contributed by atoms with Gasteiger partial charge in [-0.15, -0.1) is 0 Å². The highest BCUT2D eigenvalue weighted by atomic mass is 32.1. The molecule has 0 unspecified atom stereocenters. The highest BCUT2D eigenvalue weighted by Gasteiger charge is 2.16. The van der Waals surface area contributed by atoms with Crippen LogP contribution in [0.25, 0.3) is 31.8 Å². The van der Waals surface area contributed by atoms with Crippen molar-refractivity contribution < 1.29 is 4.39 Å². The summed E-state index contributed by atoms with van der Waals surface area (Å²) in [5, 5.41) is 3.32. The Morgan fingerprint density at radius 2 is 2.04 bits per heavy atom. The molecule has 7 heteroatoms. The number of aromatic nitrogens is 2. The number of hydrogen-bond acceptors (Lipinski definition) is 5. The van der Waals surface area contributed by atoms with E-state index in [4.69, 9.17) is 0 Å². The summed E-state index contributed by atoms with van der Waals surface area (Å²) in [5.74, 6) is -0.374. The number of rotatable bonds is 3. The topological polar surface area (TPSA) is 69.8 Å². The Labute approximate surface area is 140 Å². The average molecular weight is 342 g/mol. The SMILES string of the molecule is CC(C)NNc1nc2c3ccc(F)cc3c3c(=O)[nH]ccc3c2s1. The molecule has 3 N–H and O–H groups in total. The maximum absolute atomic E-state index is 13.8. The van der Waals surface area contributed by atoms with Crippen molar-refractivity contribution in [1.82, 2.24) is 15.4 Å². The molecule has 122 valence electrons. The van der Waals surface area contributed by atoms with Crippen molar-refractivity contribution in [3.05, 3.63) is 46.6 Å². The quantitative estimate of drug-likeness (QED) is 0.392. The van der Waals surface area contributed by atoms with Crippen molar-refractivity contribution in [2.24, 2.45) is 0 Å². The zero-order chi connectivity index (χ0) is 16.8. The lowest BCUT2D eigenvalue weighted by Gasteiger charge is -2.07. The number of benzene rings is 2. The number of fused-ring (bicyclic) bond motifs is 6. The van der Waals surface area contributed by atoms with Crippen LogP contribution in [-0.2, 0) is 0 Å². The minimum atomic E-state index is -0.374. The summed E-state index contributed by atoms with van der Waals surface area (Å²) in [6.45, 7) is 4.04. The first-order chi connectivity index (χ1) is 11.5. The van der Waals surface area contributed by atoms with Crippen LogP contribution in [0.5, 0.6) is 0 Å². The highest BCUT2D eigenvalue weighted by molar-refractivity contribution is 7.23. The van der Waals surface area contributed by atoms with Crippen LogP contribution in [0.4, 0.5) is 9.52 Å². The molecule has 2 aromatic carbocycles. The van der Waals surface area contributed by atoms with E-state index in [0.29, 0.717) is 15.9 Å². The molecule has 0 atom stereocenters. The van der Waals surface area contributed by atoms with Crippen LogP contribution >= 0.6 is 11.3 Å². The number of nitrogens with one attached hydrogen (secondary N) is 3. The third-order valence-corrected chi connectivity index (χ3v) is 4.81. The molecule has 0 aliphatic carbocycles. The van der Waals surface area contributed by atoms with Gasteiger partial charge < -0.3 is 4.98 Å². The first-order valence-corrected chi connectivity index (χ1v) is 8.41. The first-order valence-electron chi connectivity index (χ1n) is 7.59. The first kappa shape index (κ1) is 15.0. The molecule has 0 fully saturated rings. The fraction of sp³-hybridized carbons (Fsp3) is 0.176.